The third-order valence-corrected chi connectivity index (χ3v) is 4.39. The number of aromatic amines is 1. The van der Waals surface area contributed by atoms with Crippen LogP contribution in [0.1, 0.15) is 17.4 Å². The zero-order valence-corrected chi connectivity index (χ0v) is 14.8. The van der Waals surface area contributed by atoms with Crippen LogP contribution in [0.3, 0.4) is 0 Å². The molecule has 0 spiro atoms. The number of benzene rings is 2. The lowest BCUT2D eigenvalue weighted by Crippen LogP contribution is -2.40. The molecule has 26 heavy (non-hydrogen) atoms. The number of H-pyrrole nitrogens is 1. The Morgan fingerprint density at radius 2 is 1.88 bits per heavy atom. The molecule has 6 heteroatoms. The first-order valence-electron chi connectivity index (χ1n) is 8.46. The number of carbonyl (C=O) groups is 1. The van der Waals surface area contributed by atoms with Gasteiger partial charge in [0.1, 0.15) is 11.4 Å². The molecule has 2 aromatic carbocycles. The van der Waals surface area contributed by atoms with E-state index in [2.05, 4.69) is 20.4 Å². The molecule has 1 atom stereocenters. The Labute approximate surface area is 152 Å². The first kappa shape index (κ1) is 17.5. The van der Waals surface area contributed by atoms with Crippen LogP contribution >= 0.6 is 0 Å². The van der Waals surface area contributed by atoms with Crippen LogP contribution in [0.4, 0.5) is 5.69 Å². The quantitative estimate of drug-likeness (QED) is 0.638. The summed E-state index contributed by atoms with van der Waals surface area (Å²) in [5.41, 5.74) is 2.57. The van der Waals surface area contributed by atoms with Crippen LogP contribution in [0.15, 0.2) is 60.7 Å². The molecule has 1 heterocycles. The van der Waals surface area contributed by atoms with Crippen LogP contribution in [0, 0.1) is 0 Å². The molecule has 0 fully saturated rings. The highest BCUT2D eigenvalue weighted by atomic mass is 16.3. The Balaban J connectivity index is 1.61. The van der Waals surface area contributed by atoms with E-state index in [9.17, 15) is 9.90 Å². The molecule has 1 amide bonds. The highest BCUT2D eigenvalue weighted by Crippen LogP contribution is 2.27. The van der Waals surface area contributed by atoms with Gasteiger partial charge in [-0.25, -0.2) is 0 Å². The molecule has 3 aromatic rings. The van der Waals surface area contributed by atoms with Crippen molar-refractivity contribution in [1.82, 2.24) is 15.5 Å². The molecule has 0 aliphatic rings. The molecule has 1 aromatic heterocycles. The molecule has 0 unspecified atom stereocenters. The minimum atomic E-state index is -0.229. The number of carbonyl (C=O) groups excluding carboxylic acids is 1. The van der Waals surface area contributed by atoms with Gasteiger partial charge in [-0.05, 0) is 37.3 Å². The molecule has 6 nitrogen and oxygen atoms in total. The fourth-order valence-electron chi connectivity index (χ4n) is 2.66. The molecule has 3 rings (SSSR count). The van der Waals surface area contributed by atoms with Crippen molar-refractivity contribution in [2.24, 2.45) is 0 Å². The Hall–Kier alpha value is -3.28. The highest BCUT2D eigenvalue weighted by Gasteiger charge is 2.15. The molecule has 0 saturated heterocycles. The largest absolute Gasteiger partial charge is 0.507 e. The van der Waals surface area contributed by atoms with Crippen LogP contribution in [0.2, 0.25) is 0 Å². The summed E-state index contributed by atoms with van der Waals surface area (Å²) < 4.78 is 0. The molecule has 0 bridgehead atoms. The summed E-state index contributed by atoms with van der Waals surface area (Å²) in [4.78, 5) is 14.5. The number of para-hydroxylation sites is 2. The van der Waals surface area contributed by atoms with Crippen LogP contribution in [0.25, 0.3) is 11.3 Å². The number of hydrogen-bond donors (Lipinski definition) is 3. The summed E-state index contributed by atoms with van der Waals surface area (Å²) in [5.74, 6) is -0.100. The van der Waals surface area contributed by atoms with Crippen LogP contribution < -0.4 is 10.2 Å². The second-order valence-electron chi connectivity index (χ2n) is 6.19. The Kier molecular flexibility index (Phi) is 5.22. The van der Waals surface area contributed by atoms with E-state index in [1.807, 2.05) is 50.4 Å². The number of amides is 1. The van der Waals surface area contributed by atoms with Crippen molar-refractivity contribution in [3.8, 4) is 17.0 Å². The normalized spacial score (nSPS) is 11.8. The first-order valence-corrected chi connectivity index (χ1v) is 8.46. The molecule has 0 saturated carbocycles. The molecular formula is C20H22N4O2. The predicted molar refractivity (Wildman–Crippen MR) is 102 cm³/mol. The average Bonchev–Trinajstić information content (AvgIpc) is 3.16. The highest BCUT2D eigenvalue weighted by molar-refractivity contribution is 5.93. The number of aromatic nitrogens is 2. The monoisotopic (exact) mass is 350 g/mol. The maximum atomic E-state index is 12.4. The number of anilines is 1. The van der Waals surface area contributed by atoms with Crippen molar-refractivity contribution in [2.45, 2.75) is 13.0 Å². The summed E-state index contributed by atoms with van der Waals surface area (Å²) in [7, 11) is 2.00. The van der Waals surface area contributed by atoms with Gasteiger partial charge in [0.2, 0.25) is 0 Å². The van der Waals surface area contributed by atoms with Gasteiger partial charge in [0.15, 0.2) is 0 Å². The van der Waals surface area contributed by atoms with E-state index >= 15 is 0 Å². The lowest BCUT2D eigenvalue weighted by molar-refractivity contribution is 0.0946. The van der Waals surface area contributed by atoms with Gasteiger partial charge in [0.05, 0.1) is 5.69 Å². The second-order valence-corrected chi connectivity index (χ2v) is 6.19. The summed E-state index contributed by atoms with van der Waals surface area (Å²) in [6, 6.07) is 18.7. The number of phenolic OH excluding ortho intramolecular Hbond substituents is 1. The molecular weight excluding hydrogens is 328 g/mol. The lowest BCUT2D eigenvalue weighted by Gasteiger charge is -2.27. The van der Waals surface area contributed by atoms with E-state index in [1.54, 1.807) is 24.3 Å². The molecule has 0 aliphatic heterocycles. The van der Waals surface area contributed by atoms with Gasteiger partial charge >= 0.3 is 0 Å². The molecule has 0 radical (unpaired) electrons. The van der Waals surface area contributed by atoms with Gasteiger partial charge in [0.25, 0.3) is 5.91 Å². The Bertz CT molecular complexity index is 876. The molecule has 0 aliphatic carbocycles. The zero-order chi connectivity index (χ0) is 18.5. The SMILES string of the molecule is C[C@H](CNC(=O)c1cc(-c2ccccc2O)n[nH]1)N(C)c1ccccc1. The van der Waals surface area contributed by atoms with Gasteiger partial charge in [-0.15, -0.1) is 0 Å². The predicted octanol–water partition coefficient (Wildman–Crippen LogP) is 3.04. The van der Waals surface area contributed by atoms with Gasteiger partial charge in [-0.2, -0.15) is 5.10 Å². The number of nitrogens with zero attached hydrogens (tertiary/aromatic N) is 2. The lowest BCUT2D eigenvalue weighted by atomic mass is 10.1. The number of phenols is 1. The fourth-order valence-corrected chi connectivity index (χ4v) is 2.66. The third kappa shape index (κ3) is 3.85. The smallest absolute Gasteiger partial charge is 0.269 e. The summed E-state index contributed by atoms with van der Waals surface area (Å²) >= 11 is 0. The Morgan fingerprint density at radius 3 is 2.62 bits per heavy atom. The third-order valence-electron chi connectivity index (χ3n) is 4.39. The van der Waals surface area contributed by atoms with E-state index in [0.29, 0.717) is 23.5 Å². The minimum Gasteiger partial charge on any atom is -0.507 e. The van der Waals surface area contributed by atoms with Gasteiger partial charge in [-0.3, -0.25) is 9.89 Å². The summed E-state index contributed by atoms with van der Waals surface area (Å²) in [6.07, 6.45) is 0. The van der Waals surface area contributed by atoms with Gasteiger partial charge in [0, 0.05) is 30.9 Å². The van der Waals surface area contributed by atoms with Crippen molar-refractivity contribution in [2.75, 3.05) is 18.5 Å². The van der Waals surface area contributed by atoms with Gasteiger partial charge < -0.3 is 15.3 Å². The number of likely N-dealkylation sites (N-methyl/N-ethyl adjacent to an activating group) is 1. The second kappa shape index (κ2) is 7.74. The van der Waals surface area contributed by atoms with E-state index in [-0.39, 0.29) is 17.7 Å². The van der Waals surface area contributed by atoms with E-state index < -0.39 is 0 Å². The van der Waals surface area contributed by atoms with Crippen LogP contribution in [-0.2, 0) is 0 Å². The van der Waals surface area contributed by atoms with Crippen LogP contribution in [-0.4, -0.2) is 40.8 Å². The summed E-state index contributed by atoms with van der Waals surface area (Å²) in [5, 5.41) is 19.7. The number of rotatable bonds is 6. The van der Waals surface area contributed by atoms with Crippen molar-refractivity contribution < 1.29 is 9.90 Å². The molecule has 3 N–H and O–H groups in total. The van der Waals surface area contributed by atoms with Gasteiger partial charge in [-0.1, -0.05) is 30.3 Å². The fraction of sp³-hybridized carbons (Fsp3) is 0.200. The Morgan fingerprint density at radius 1 is 1.19 bits per heavy atom. The van der Waals surface area contributed by atoms with Crippen molar-refractivity contribution in [3.05, 3.63) is 66.4 Å². The van der Waals surface area contributed by atoms with E-state index in [0.717, 1.165) is 5.69 Å². The number of nitrogens with one attached hydrogen (secondary N) is 2. The summed E-state index contributed by atoms with van der Waals surface area (Å²) in [6.45, 7) is 2.54. The standard InChI is InChI=1S/C20H22N4O2/c1-14(24(2)15-8-4-3-5-9-15)13-21-20(26)18-12-17(22-23-18)16-10-6-7-11-19(16)25/h3-12,14,25H,13H2,1-2H3,(H,21,26)(H,22,23)/t14-/m1/s1. The number of hydrogen-bond acceptors (Lipinski definition) is 4. The maximum Gasteiger partial charge on any atom is 0.269 e. The van der Waals surface area contributed by atoms with Crippen molar-refractivity contribution >= 4 is 11.6 Å². The van der Waals surface area contributed by atoms with E-state index in [4.69, 9.17) is 0 Å². The van der Waals surface area contributed by atoms with E-state index in [1.165, 1.54) is 0 Å². The number of aromatic hydroxyl groups is 1. The topological polar surface area (TPSA) is 81.2 Å². The molecule has 134 valence electrons. The maximum absolute atomic E-state index is 12.4. The minimum absolute atomic E-state index is 0.127. The van der Waals surface area contributed by atoms with Crippen molar-refractivity contribution in [1.29, 1.82) is 0 Å². The average molecular weight is 350 g/mol. The van der Waals surface area contributed by atoms with Crippen LogP contribution in [0.5, 0.6) is 5.75 Å². The first-order chi connectivity index (χ1) is 12.6. The van der Waals surface area contributed by atoms with Crippen molar-refractivity contribution in [3.63, 3.8) is 0 Å². The zero-order valence-electron chi connectivity index (χ0n) is 14.8.